The van der Waals surface area contributed by atoms with Gasteiger partial charge >= 0.3 is 0 Å². The summed E-state index contributed by atoms with van der Waals surface area (Å²) in [5.74, 6) is 6.21. The van der Waals surface area contributed by atoms with Gasteiger partial charge in [-0.05, 0) is 24.3 Å². The maximum Gasteiger partial charge on any atom is 0.0451 e. The molecular formula is C15H12N. The number of nitrogens with zero attached hydrogens (tertiary/aromatic N) is 1. The Morgan fingerprint density at radius 3 is 2.56 bits per heavy atom. The first kappa shape index (κ1) is 10.4. The van der Waals surface area contributed by atoms with Gasteiger partial charge in [0.1, 0.15) is 0 Å². The van der Waals surface area contributed by atoms with Crippen LogP contribution in [-0.4, -0.2) is 4.98 Å². The predicted octanol–water partition coefficient (Wildman–Crippen LogP) is 3.08. The highest BCUT2D eigenvalue weighted by molar-refractivity contribution is 5.34. The summed E-state index contributed by atoms with van der Waals surface area (Å²) in [7, 11) is 0. The fourth-order valence-corrected chi connectivity index (χ4v) is 1.33. The lowest BCUT2D eigenvalue weighted by molar-refractivity contribution is 1.16. The SMILES string of the molecule is C(#Cc1ccccc1)C[CH]c1ccccn1. The molecule has 0 unspecified atom stereocenters. The summed E-state index contributed by atoms with van der Waals surface area (Å²) < 4.78 is 0. The normalized spacial score (nSPS) is 9.25. The summed E-state index contributed by atoms with van der Waals surface area (Å²) in [6.07, 6.45) is 4.54. The summed E-state index contributed by atoms with van der Waals surface area (Å²) in [4.78, 5) is 4.20. The maximum atomic E-state index is 4.20. The number of pyridine rings is 1. The molecule has 0 aliphatic rings. The van der Waals surface area contributed by atoms with Crippen LogP contribution in [0.25, 0.3) is 0 Å². The molecule has 0 amide bonds. The molecule has 2 rings (SSSR count). The van der Waals surface area contributed by atoms with Gasteiger partial charge in [0.2, 0.25) is 0 Å². The lowest BCUT2D eigenvalue weighted by Gasteiger charge is -1.93. The molecule has 16 heavy (non-hydrogen) atoms. The van der Waals surface area contributed by atoms with Gasteiger partial charge in [-0.3, -0.25) is 4.98 Å². The van der Waals surface area contributed by atoms with Crippen LogP contribution in [0, 0.1) is 18.3 Å². The molecule has 0 aliphatic carbocycles. The van der Waals surface area contributed by atoms with Gasteiger partial charge in [-0.25, -0.2) is 0 Å². The molecule has 0 atom stereocenters. The van der Waals surface area contributed by atoms with Gasteiger partial charge in [0.25, 0.3) is 0 Å². The second kappa shape index (κ2) is 5.72. The minimum atomic E-state index is 0.728. The van der Waals surface area contributed by atoms with Crippen LogP contribution in [0.2, 0.25) is 0 Å². The Morgan fingerprint density at radius 1 is 1.00 bits per heavy atom. The second-order valence-electron chi connectivity index (χ2n) is 3.33. The molecule has 0 N–H and O–H groups in total. The van der Waals surface area contributed by atoms with E-state index in [9.17, 15) is 0 Å². The van der Waals surface area contributed by atoms with Crippen LogP contribution in [0.1, 0.15) is 17.7 Å². The Morgan fingerprint density at radius 2 is 1.81 bits per heavy atom. The predicted molar refractivity (Wildman–Crippen MR) is 65.6 cm³/mol. The zero-order chi connectivity index (χ0) is 11.1. The molecule has 0 saturated carbocycles. The molecule has 1 radical (unpaired) electrons. The Hall–Kier alpha value is -2.07. The Bertz CT molecular complexity index is 477. The summed E-state index contributed by atoms with van der Waals surface area (Å²) in [6.45, 7) is 0. The van der Waals surface area contributed by atoms with Crippen molar-refractivity contribution in [3.05, 3.63) is 72.4 Å². The van der Waals surface area contributed by atoms with Crippen LogP contribution >= 0.6 is 0 Å². The van der Waals surface area contributed by atoms with Crippen molar-refractivity contribution in [3.8, 4) is 11.8 Å². The van der Waals surface area contributed by atoms with Gasteiger partial charge in [0, 0.05) is 30.3 Å². The lowest BCUT2D eigenvalue weighted by atomic mass is 10.2. The highest BCUT2D eigenvalue weighted by Crippen LogP contribution is 2.00. The lowest BCUT2D eigenvalue weighted by Crippen LogP contribution is -1.84. The smallest absolute Gasteiger partial charge is 0.0451 e. The van der Waals surface area contributed by atoms with Crippen molar-refractivity contribution in [2.45, 2.75) is 6.42 Å². The van der Waals surface area contributed by atoms with E-state index in [4.69, 9.17) is 0 Å². The molecule has 1 aromatic carbocycles. The first-order chi connectivity index (χ1) is 7.95. The maximum absolute atomic E-state index is 4.20. The van der Waals surface area contributed by atoms with Crippen molar-refractivity contribution >= 4 is 0 Å². The fraction of sp³-hybridized carbons (Fsp3) is 0.0667. The van der Waals surface area contributed by atoms with Crippen molar-refractivity contribution in [1.29, 1.82) is 0 Å². The van der Waals surface area contributed by atoms with E-state index in [0.717, 1.165) is 17.7 Å². The van der Waals surface area contributed by atoms with E-state index in [1.54, 1.807) is 6.20 Å². The van der Waals surface area contributed by atoms with Gasteiger partial charge in [0.05, 0.1) is 0 Å². The van der Waals surface area contributed by atoms with Crippen molar-refractivity contribution in [1.82, 2.24) is 4.98 Å². The largest absolute Gasteiger partial charge is 0.261 e. The molecular weight excluding hydrogens is 194 g/mol. The Labute approximate surface area is 96.2 Å². The quantitative estimate of drug-likeness (QED) is 0.688. The van der Waals surface area contributed by atoms with Gasteiger partial charge in [-0.2, -0.15) is 0 Å². The first-order valence-corrected chi connectivity index (χ1v) is 5.23. The molecule has 1 heterocycles. The monoisotopic (exact) mass is 206 g/mol. The number of rotatable bonds is 2. The third kappa shape index (κ3) is 3.25. The van der Waals surface area contributed by atoms with Crippen LogP contribution < -0.4 is 0 Å². The first-order valence-electron chi connectivity index (χ1n) is 5.23. The van der Waals surface area contributed by atoms with E-state index in [1.807, 2.05) is 55.0 Å². The number of benzene rings is 1. The number of aromatic nitrogens is 1. The summed E-state index contributed by atoms with van der Waals surface area (Å²) in [5.41, 5.74) is 2.03. The molecule has 0 bridgehead atoms. The van der Waals surface area contributed by atoms with Crippen LogP contribution in [-0.2, 0) is 0 Å². The summed E-state index contributed by atoms with van der Waals surface area (Å²) in [5, 5.41) is 0. The summed E-state index contributed by atoms with van der Waals surface area (Å²) >= 11 is 0. The van der Waals surface area contributed by atoms with E-state index in [-0.39, 0.29) is 0 Å². The molecule has 0 saturated heterocycles. The number of hydrogen-bond donors (Lipinski definition) is 0. The average molecular weight is 206 g/mol. The molecule has 1 nitrogen and oxygen atoms in total. The second-order valence-corrected chi connectivity index (χ2v) is 3.33. The Kier molecular flexibility index (Phi) is 3.74. The topological polar surface area (TPSA) is 12.9 Å². The third-order valence-corrected chi connectivity index (χ3v) is 2.11. The highest BCUT2D eigenvalue weighted by atomic mass is 14.7. The van der Waals surface area contributed by atoms with E-state index >= 15 is 0 Å². The fourth-order valence-electron chi connectivity index (χ4n) is 1.33. The van der Waals surface area contributed by atoms with E-state index < -0.39 is 0 Å². The van der Waals surface area contributed by atoms with Crippen LogP contribution in [0.4, 0.5) is 0 Å². The minimum absolute atomic E-state index is 0.728. The standard InChI is InChI=1S/C15H12N/c1-2-8-14(9-3-1)10-4-5-11-15-12-6-7-13-16-15/h1-3,6-9,11-13H,5H2. The highest BCUT2D eigenvalue weighted by Gasteiger charge is 1.90. The van der Waals surface area contributed by atoms with Gasteiger partial charge < -0.3 is 0 Å². The third-order valence-electron chi connectivity index (χ3n) is 2.11. The van der Waals surface area contributed by atoms with Gasteiger partial charge in [-0.15, -0.1) is 0 Å². The minimum Gasteiger partial charge on any atom is -0.261 e. The Balaban J connectivity index is 1.87. The molecule has 0 fully saturated rings. The zero-order valence-electron chi connectivity index (χ0n) is 8.93. The molecule has 1 heteroatoms. The molecule has 77 valence electrons. The van der Waals surface area contributed by atoms with Crippen LogP contribution in [0.15, 0.2) is 54.7 Å². The van der Waals surface area contributed by atoms with Crippen LogP contribution in [0.5, 0.6) is 0 Å². The molecule has 1 aromatic heterocycles. The average Bonchev–Trinajstić information content (AvgIpc) is 2.37. The van der Waals surface area contributed by atoms with E-state index in [1.165, 1.54) is 0 Å². The van der Waals surface area contributed by atoms with Crippen molar-refractivity contribution in [2.75, 3.05) is 0 Å². The number of hydrogen-bond acceptors (Lipinski definition) is 1. The van der Waals surface area contributed by atoms with Gasteiger partial charge in [0.15, 0.2) is 0 Å². The van der Waals surface area contributed by atoms with Crippen molar-refractivity contribution in [3.63, 3.8) is 0 Å². The van der Waals surface area contributed by atoms with E-state index in [0.29, 0.717) is 0 Å². The zero-order valence-corrected chi connectivity index (χ0v) is 8.93. The molecule has 0 spiro atoms. The van der Waals surface area contributed by atoms with Crippen molar-refractivity contribution < 1.29 is 0 Å². The van der Waals surface area contributed by atoms with Crippen LogP contribution in [0.3, 0.4) is 0 Å². The molecule has 0 aliphatic heterocycles. The van der Waals surface area contributed by atoms with Crippen molar-refractivity contribution in [2.24, 2.45) is 0 Å². The van der Waals surface area contributed by atoms with Gasteiger partial charge in [-0.1, -0.05) is 36.1 Å². The summed E-state index contributed by atoms with van der Waals surface area (Å²) in [6, 6.07) is 15.9. The van der Waals surface area contributed by atoms with E-state index in [2.05, 4.69) is 16.8 Å². The molecule has 2 aromatic rings.